The maximum atomic E-state index is 15.1. The quantitative estimate of drug-likeness (QED) is 0.224. The van der Waals surface area contributed by atoms with Crippen LogP contribution in [0.3, 0.4) is 0 Å². The minimum atomic E-state index is -0.303. The Morgan fingerprint density at radius 2 is 1.45 bits per heavy atom. The molecule has 4 rings (SSSR count). The standard InChI is InChI=1S/C31H26FN/c1-2-3-4-5-6-23-11-14-26(15-12-23)28-19-20-30-29(21-28)18-17-27(31(30)32)16-13-24-7-9-25(22-33)10-8-24/h7-12,14-15,17-21H,2-6H2,1H3. The molecule has 0 atom stereocenters. The SMILES string of the molecule is CCCCCCc1ccc(-c2ccc3c(F)c(C#Cc4ccc(C#N)cc4)ccc3c2)cc1. The third-order valence-electron chi connectivity index (χ3n) is 5.92. The van der Waals surface area contributed by atoms with Gasteiger partial charge in [0.25, 0.3) is 0 Å². The van der Waals surface area contributed by atoms with Crippen LogP contribution in [0, 0.1) is 29.0 Å². The van der Waals surface area contributed by atoms with Crippen molar-refractivity contribution in [3.8, 4) is 29.0 Å². The van der Waals surface area contributed by atoms with Gasteiger partial charge in [0, 0.05) is 10.9 Å². The zero-order valence-electron chi connectivity index (χ0n) is 18.9. The van der Waals surface area contributed by atoms with Crippen molar-refractivity contribution in [1.82, 2.24) is 0 Å². The van der Waals surface area contributed by atoms with Gasteiger partial charge in [0.1, 0.15) is 5.82 Å². The first-order valence-electron chi connectivity index (χ1n) is 11.5. The molecule has 0 spiro atoms. The lowest BCUT2D eigenvalue weighted by atomic mass is 9.98. The van der Waals surface area contributed by atoms with E-state index in [1.807, 2.05) is 24.3 Å². The van der Waals surface area contributed by atoms with Gasteiger partial charge in [-0.15, -0.1) is 0 Å². The highest BCUT2D eigenvalue weighted by molar-refractivity contribution is 5.89. The van der Waals surface area contributed by atoms with Crippen LogP contribution in [0.1, 0.15) is 54.9 Å². The Balaban J connectivity index is 1.53. The van der Waals surface area contributed by atoms with Gasteiger partial charge in [-0.1, -0.05) is 80.5 Å². The van der Waals surface area contributed by atoms with Gasteiger partial charge in [0.05, 0.1) is 17.2 Å². The molecule has 0 saturated heterocycles. The number of hydrogen-bond donors (Lipinski definition) is 0. The van der Waals surface area contributed by atoms with Gasteiger partial charge in [-0.3, -0.25) is 0 Å². The highest BCUT2D eigenvalue weighted by Crippen LogP contribution is 2.28. The molecule has 0 heterocycles. The van der Waals surface area contributed by atoms with Crippen LogP contribution < -0.4 is 0 Å². The monoisotopic (exact) mass is 431 g/mol. The van der Waals surface area contributed by atoms with E-state index in [2.05, 4.69) is 49.1 Å². The molecule has 0 aliphatic carbocycles. The molecule has 0 saturated carbocycles. The normalized spacial score (nSPS) is 10.5. The minimum absolute atomic E-state index is 0.303. The number of halogens is 1. The predicted molar refractivity (Wildman–Crippen MR) is 134 cm³/mol. The summed E-state index contributed by atoms with van der Waals surface area (Å²) in [7, 11) is 0. The number of aryl methyl sites for hydroxylation is 1. The van der Waals surface area contributed by atoms with Crippen molar-refractivity contribution in [2.24, 2.45) is 0 Å². The lowest BCUT2D eigenvalue weighted by Gasteiger charge is -2.08. The molecular formula is C31H26FN. The van der Waals surface area contributed by atoms with Crippen LogP contribution in [0.25, 0.3) is 21.9 Å². The highest BCUT2D eigenvalue weighted by Gasteiger charge is 2.08. The molecule has 0 radical (unpaired) electrons. The summed E-state index contributed by atoms with van der Waals surface area (Å²) in [5.74, 6) is 5.61. The summed E-state index contributed by atoms with van der Waals surface area (Å²) in [6.07, 6.45) is 6.20. The van der Waals surface area contributed by atoms with Gasteiger partial charge < -0.3 is 0 Å². The van der Waals surface area contributed by atoms with Crippen LogP contribution in [-0.4, -0.2) is 0 Å². The van der Waals surface area contributed by atoms with Crippen molar-refractivity contribution < 1.29 is 4.39 Å². The van der Waals surface area contributed by atoms with Crippen molar-refractivity contribution in [3.05, 3.63) is 107 Å². The van der Waals surface area contributed by atoms with E-state index in [1.54, 1.807) is 30.3 Å². The van der Waals surface area contributed by atoms with Crippen molar-refractivity contribution in [2.45, 2.75) is 39.0 Å². The number of nitrogens with zero attached hydrogens (tertiary/aromatic N) is 1. The van der Waals surface area contributed by atoms with Crippen LogP contribution >= 0.6 is 0 Å². The zero-order valence-corrected chi connectivity index (χ0v) is 18.9. The van der Waals surface area contributed by atoms with Crippen LogP contribution in [0.4, 0.5) is 4.39 Å². The number of benzene rings is 4. The molecular weight excluding hydrogens is 405 g/mol. The summed E-state index contributed by atoms with van der Waals surface area (Å²) < 4.78 is 15.1. The summed E-state index contributed by atoms with van der Waals surface area (Å²) in [4.78, 5) is 0. The summed E-state index contributed by atoms with van der Waals surface area (Å²) in [5, 5.41) is 10.3. The molecule has 0 aromatic heterocycles. The fourth-order valence-corrected chi connectivity index (χ4v) is 3.96. The van der Waals surface area contributed by atoms with E-state index in [9.17, 15) is 0 Å². The molecule has 4 aromatic rings. The summed E-state index contributed by atoms with van der Waals surface area (Å²) in [5.41, 5.74) is 5.28. The Hall–Kier alpha value is -3.88. The molecule has 0 amide bonds. The third kappa shape index (κ3) is 5.49. The number of fused-ring (bicyclic) bond motifs is 1. The molecule has 2 heteroatoms. The Bertz CT molecular complexity index is 1350. The summed E-state index contributed by atoms with van der Waals surface area (Å²) >= 11 is 0. The first kappa shape index (κ1) is 22.3. The molecule has 162 valence electrons. The average Bonchev–Trinajstić information content (AvgIpc) is 2.87. The number of nitriles is 1. The molecule has 0 unspecified atom stereocenters. The van der Waals surface area contributed by atoms with E-state index in [1.165, 1.54) is 31.2 Å². The summed E-state index contributed by atoms with van der Waals surface area (Å²) in [6, 6.07) is 27.3. The van der Waals surface area contributed by atoms with Gasteiger partial charge in [-0.2, -0.15) is 5.26 Å². The largest absolute Gasteiger partial charge is 0.205 e. The van der Waals surface area contributed by atoms with E-state index >= 15 is 4.39 Å². The van der Waals surface area contributed by atoms with E-state index in [-0.39, 0.29) is 5.82 Å². The van der Waals surface area contributed by atoms with Gasteiger partial charge >= 0.3 is 0 Å². The Morgan fingerprint density at radius 1 is 0.727 bits per heavy atom. The molecule has 0 fully saturated rings. The van der Waals surface area contributed by atoms with Crippen LogP contribution in [0.2, 0.25) is 0 Å². The fraction of sp³-hybridized carbons (Fsp3) is 0.194. The van der Waals surface area contributed by atoms with E-state index in [0.717, 1.165) is 28.5 Å². The molecule has 4 aromatic carbocycles. The van der Waals surface area contributed by atoms with Crippen molar-refractivity contribution in [2.75, 3.05) is 0 Å². The summed E-state index contributed by atoms with van der Waals surface area (Å²) in [6.45, 7) is 2.23. The molecule has 0 N–H and O–H groups in total. The van der Waals surface area contributed by atoms with Crippen molar-refractivity contribution >= 4 is 10.8 Å². The van der Waals surface area contributed by atoms with Crippen molar-refractivity contribution in [1.29, 1.82) is 5.26 Å². The number of rotatable bonds is 6. The van der Waals surface area contributed by atoms with Gasteiger partial charge in [-0.05, 0) is 71.3 Å². The van der Waals surface area contributed by atoms with Crippen LogP contribution in [0.5, 0.6) is 0 Å². The second kappa shape index (κ2) is 10.6. The van der Waals surface area contributed by atoms with E-state index in [4.69, 9.17) is 5.26 Å². The molecule has 0 aliphatic heterocycles. The molecule has 0 bridgehead atoms. The fourth-order valence-electron chi connectivity index (χ4n) is 3.96. The minimum Gasteiger partial charge on any atom is -0.205 e. The number of hydrogen-bond acceptors (Lipinski definition) is 1. The van der Waals surface area contributed by atoms with E-state index < -0.39 is 0 Å². The lowest BCUT2D eigenvalue weighted by Crippen LogP contribution is -1.89. The van der Waals surface area contributed by atoms with Gasteiger partial charge in [-0.25, -0.2) is 4.39 Å². The molecule has 0 aliphatic rings. The molecule has 1 nitrogen and oxygen atoms in total. The highest BCUT2D eigenvalue weighted by atomic mass is 19.1. The maximum absolute atomic E-state index is 15.1. The first-order chi connectivity index (χ1) is 16.2. The van der Waals surface area contributed by atoms with Gasteiger partial charge in [0.2, 0.25) is 0 Å². The Labute approximate surface area is 195 Å². The predicted octanol–water partition coefficient (Wildman–Crippen LogP) is 8.04. The Morgan fingerprint density at radius 3 is 2.18 bits per heavy atom. The van der Waals surface area contributed by atoms with Crippen LogP contribution in [-0.2, 0) is 6.42 Å². The smallest absolute Gasteiger partial charge is 0.146 e. The second-order valence-corrected chi connectivity index (χ2v) is 8.31. The van der Waals surface area contributed by atoms with E-state index in [0.29, 0.717) is 16.5 Å². The Kier molecular flexibility index (Phi) is 7.19. The van der Waals surface area contributed by atoms with Crippen molar-refractivity contribution in [3.63, 3.8) is 0 Å². The zero-order chi connectivity index (χ0) is 23.0. The average molecular weight is 432 g/mol. The first-order valence-corrected chi connectivity index (χ1v) is 11.5. The maximum Gasteiger partial charge on any atom is 0.146 e. The topological polar surface area (TPSA) is 23.8 Å². The van der Waals surface area contributed by atoms with Gasteiger partial charge in [0.15, 0.2) is 0 Å². The van der Waals surface area contributed by atoms with Crippen LogP contribution in [0.15, 0.2) is 78.9 Å². The number of unbranched alkanes of at least 4 members (excludes halogenated alkanes) is 3. The second-order valence-electron chi connectivity index (χ2n) is 8.31. The third-order valence-corrected chi connectivity index (χ3v) is 5.92. The molecule has 33 heavy (non-hydrogen) atoms. The lowest BCUT2D eigenvalue weighted by molar-refractivity contribution is 0.636.